The van der Waals surface area contributed by atoms with E-state index in [9.17, 15) is 8.42 Å². The highest BCUT2D eigenvalue weighted by Crippen LogP contribution is 2.26. The van der Waals surface area contributed by atoms with Crippen molar-refractivity contribution < 1.29 is 8.42 Å². The van der Waals surface area contributed by atoms with E-state index in [2.05, 4.69) is 0 Å². The molecule has 0 bridgehead atoms. The first-order valence-electron chi connectivity index (χ1n) is 7.45. The smallest absolute Gasteiger partial charge is 0.282 e. The molecule has 0 aromatic carbocycles. The van der Waals surface area contributed by atoms with Gasteiger partial charge in [-0.3, -0.25) is 0 Å². The van der Waals surface area contributed by atoms with Crippen LogP contribution in [0.25, 0.3) is 0 Å². The zero-order chi connectivity index (χ0) is 14.0. The molecular weight excluding hydrogens is 262 g/mol. The summed E-state index contributed by atoms with van der Waals surface area (Å²) in [5.41, 5.74) is 5.91. The van der Waals surface area contributed by atoms with Crippen LogP contribution in [-0.2, 0) is 10.2 Å². The van der Waals surface area contributed by atoms with Crippen LogP contribution in [0.4, 0.5) is 0 Å². The summed E-state index contributed by atoms with van der Waals surface area (Å²) in [5.74, 6) is 0.463. The summed E-state index contributed by atoms with van der Waals surface area (Å²) in [6.07, 6.45) is 4.88. The Bertz CT molecular complexity index is 389. The SMILES string of the molecule is CC(N)C1CCN(S(=O)(=O)N2CCCCC2C)CC1. The third kappa shape index (κ3) is 3.29. The Labute approximate surface area is 117 Å². The van der Waals surface area contributed by atoms with Gasteiger partial charge in [-0.15, -0.1) is 0 Å². The molecule has 19 heavy (non-hydrogen) atoms. The van der Waals surface area contributed by atoms with E-state index < -0.39 is 10.2 Å². The van der Waals surface area contributed by atoms with Crippen molar-refractivity contribution in [3.8, 4) is 0 Å². The van der Waals surface area contributed by atoms with Crippen LogP contribution in [0.5, 0.6) is 0 Å². The second kappa shape index (κ2) is 6.08. The third-order valence-corrected chi connectivity index (χ3v) is 6.76. The van der Waals surface area contributed by atoms with E-state index in [1.54, 1.807) is 8.61 Å². The number of nitrogens with two attached hydrogens (primary N) is 1. The van der Waals surface area contributed by atoms with E-state index in [0.717, 1.165) is 32.1 Å². The van der Waals surface area contributed by atoms with Gasteiger partial charge in [0.2, 0.25) is 0 Å². The van der Waals surface area contributed by atoms with E-state index in [1.165, 1.54) is 0 Å². The van der Waals surface area contributed by atoms with E-state index in [0.29, 0.717) is 25.6 Å². The molecule has 2 unspecified atom stereocenters. The summed E-state index contributed by atoms with van der Waals surface area (Å²) in [5, 5.41) is 0. The molecule has 2 atom stereocenters. The molecule has 0 spiro atoms. The van der Waals surface area contributed by atoms with Crippen LogP contribution >= 0.6 is 0 Å². The van der Waals surface area contributed by atoms with Crippen molar-refractivity contribution in [1.82, 2.24) is 8.61 Å². The minimum absolute atomic E-state index is 0.143. The minimum atomic E-state index is -3.26. The molecule has 2 rings (SSSR count). The summed E-state index contributed by atoms with van der Waals surface area (Å²) >= 11 is 0. The first kappa shape index (κ1) is 15.2. The van der Waals surface area contributed by atoms with Gasteiger partial charge in [0.15, 0.2) is 0 Å². The number of rotatable bonds is 3. The number of hydrogen-bond acceptors (Lipinski definition) is 3. The summed E-state index contributed by atoms with van der Waals surface area (Å²) in [7, 11) is -3.26. The first-order valence-corrected chi connectivity index (χ1v) is 8.85. The molecule has 0 aromatic rings. The number of hydrogen-bond donors (Lipinski definition) is 1. The van der Waals surface area contributed by atoms with Crippen LogP contribution in [0, 0.1) is 5.92 Å². The van der Waals surface area contributed by atoms with Crippen LogP contribution in [-0.4, -0.2) is 48.7 Å². The van der Waals surface area contributed by atoms with Gasteiger partial charge in [0, 0.05) is 31.7 Å². The summed E-state index contributed by atoms with van der Waals surface area (Å²) in [6, 6.07) is 0.309. The molecule has 112 valence electrons. The molecule has 2 saturated heterocycles. The van der Waals surface area contributed by atoms with Crippen molar-refractivity contribution in [3.05, 3.63) is 0 Å². The summed E-state index contributed by atoms with van der Waals surface area (Å²) in [6.45, 7) is 5.96. The molecular formula is C13H27N3O2S. The average molecular weight is 289 g/mol. The second-order valence-corrected chi connectivity index (χ2v) is 7.94. The molecule has 2 N–H and O–H groups in total. The lowest BCUT2D eigenvalue weighted by Crippen LogP contribution is -2.52. The Kier molecular flexibility index (Phi) is 4.87. The van der Waals surface area contributed by atoms with E-state index in [1.807, 2.05) is 13.8 Å². The van der Waals surface area contributed by atoms with Crippen molar-refractivity contribution in [2.75, 3.05) is 19.6 Å². The van der Waals surface area contributed by atoms with Gasteiger partial charge >= 0.3 is 0 Å². The predicted molar refractivity (Wildman–Crippen MR) is 76.9 cm³/mol. The summed E-state index contributed by atoms with van der Waals surface area (Å²) in [4.78, 5) is 0. The zero-order valence-electron chi connectivity index (χ0n) is 12.1. The Hall–Kier alpha value is -0.170. The van der Waals surface area contributed by atoms with Crippen LogP contribution in [0.1, 0.15) is 46.0 Å². The molecule has 2 aliphatic heterocycles. The Morgan fingerprint density at radius 2 is 1.74 bits per heavy atom. The fourth-order valence-corrected chi connectivity index (χ4v) is 5.08. The highest BCUT2D eigenvalue weighted by molar-refractivity contribution is 7.86. The highest BCUT2D eigenvalue weighted by Gasteiger charge is 2.36. The van der Waals surface area contributed by atoms with E-state index in [-0.39, 0.29) is 12.1 Å². The molecule has 0 amide bonds. The van der Waals surface area contributed by atoms with Gasteiger partial charge in [0.25, 0.3) is 10.2 Å². The molecule has 2 aliphatic rings. The average Bonchev–Trinajstić information content (AvgIpc) is 2.39. The van der Waals surface area contributed by atoms with Crippen molar-refractivity contribution in [2.45, 2.75) is 58.0 Å². The van der Waals surface area contributed by atoms with Gasteiger partial charge in [-0.2, -0.15) is 17.0 Å². The molecule has 0 radical (unpaired) electrons. The molecule has 0 saturated carbocycles. The molecule has 2 fully saturated rings. The maximum absolute atomic E-state index is 12.6. The van der Waals surface area contributed by atoms with E-state index in [4.69, 9.17) is 5.73 Å². The van der Waals surface area contributed by atoms with Crippen LogP contribution in [0.15, 0.2) is 0 Å². The predicted octanol–water partition coefficient (Wildman–Crippen LogP) is 1.16. The van der Waals surface area contributed by atoms with Gasteiger partial charge in [-0.25, -0.2) is 0 Å². The number of nitrogens with zero attached hydrogens (tertiary/aromatic N) is 2. The van der Waals surface area contributed by atoms with Gasteiger partial charge in [-0.1, -0.05) is 6.42 Å². The molecule has 0 aliphatic carbocycles. The quantitative estimate of drug-likeness (QED) is 0.848. The zero-order valence-corrected chi connectivity index (χ0v) is 12.9. The number of piperidine rings is 2. The lowest BCUT2D eigenvalue weighted by molar-refractivity contribution is 0.210. The van der Waals surface area contributed by atoms with Gasteiger partial charge in [0.05, 0.1) is 0 Å². The van der Waals surface area contributed by atoms with Crippen molar-refractivity contribution in [1.29, 1.82) is 0 Å². The fraction of sp³-hybridized carbons (Fsp3) is 1.00. The first-order chi connectivity index (χ1) is 8.93. The van der Waals surface area contributed by atoms with Gasteiger partial charge in [-0.05, 0) is 45.4 Å². The van der Waals surface area contributed by atoms with Crippen molar-refractivity contribution in [2.24, 2.45) is 11.7 Å². The maximum atomic E-state index is 12.6. The van der Waals surface area contributed by atoms with Crippen LogP contribution in [0.3, 0.4) is 0 Å². The van der Waals surface area contributed by atoms with Crippen LogP contribution < -0.4 is 5.73 Å². The minimum Gasteiger partial charge on any atom is -0.328 e. The Morgan fingerprint density at radius 1 is 1.11 bits per heavy atom. The standard InChI is InChI=1S/C13H27N3O2S/c1-11-5-3-4-8-16(11)19(17,18)15-9-6-13(7-10-15)12(2)14/h11-13H,3-10,14H2,1-2H3. The normalized spacial score (nSPS) is 30.4. The van der Waals surface area contributed by atoms with Gasteiger partial charge in [0.1, 0.15) is 0 Å². The maximum Gasteiger partial charge on any atom is 0.282 e. The third-order valence-electron chi connectivity index (χ3n) is 4.61. The van der Waals surface area contributed by atoms with Crippen molar-refractivity contribution >= 4 is 10.2 Å². The molecule has 6 heteroatoms. The van der Waals surface area contributed by atoms with Crippen molar-refractivity contribution in [3.63, 3.8) is 0 Å². The molecule has 5 nitrogen and oxygen atoms in total. The van der Waals surface area contributed by atoms with E-state index >= 15 is 0 Å². The highest BCUT2D eigenvalue weighted by atomic mass is 32.2. The van der Waals surface area contributed by atoms with Crippen LogP contribution in [0.2, 0.25) is 0 Å². The lowest BCUT2D eigenvalue weighted by atomic mass is 9.92. The Morgan fingerprint density at radius 3 is 2.26 bits per heavy atom. The fourth-order valence-electron chi connectivity index (χ4n) is 3.20. The lowest BCUT2D eigenvalue weighted by Gasteiger charge is -2.39. The molecule has 0 aromatic heterocycles. The second-order valence-electron chi connectivity index (χ2n) is 6.06. The van der Waals surface area contributed by atoms with Gasteiger partial charge < -0.3 is 5.73 Å². The Balaban J connectivity index is 2.01. The monoisotopic (exact) mass is 289 g/mol. The topological polar surface area (TPSA) is 66.6 Å². The largest absolute Gasteiger partial charge is 0.328 e. The molecule has 2 heterocycles. The summed E-state index contributed by atoms with van der Waals surface area (Å²) < 4.78 is 28.7.